The molecule has 1 aliphatic heterocycles. The number of hydrogen-bond donors (Lipinski definition) is 1. The normalized spacial score (nSPS) is 15.5. The van der Waals surface area contributed by atoms with Crippen molar-refractivity contribution in [3.8, 4) is 0 Å². The van der Waals surface area contributed by atoms with E-state index < -0.39 is 0 Å². The Balaban J connectivity index is 1.88. The summed E-state index contributed by atoms with van der Waals surface area (Å²) in [4.78, 5) is 16.2. The van der Waals surface area contributed by atoms with Gasteiger partial charge >= 0.3 is 6.03 Å². The van der Waals surface area contributed by atoms with Gasteiger partial charge in [-0.2, -0.15) is 0 Å². The largest absolute Gasteiger partial charge is 0.368 e. The number of urea groups is 1. The molecule has 2 rings (SSSR count). The monoisotopic (exact) mass is 309 g/mol. The lowest BCUT2D eigenvalue weighted by molar-refractivity contribution is 0.193. The summed E-state index contributed by atoms with van der Waals surface area (Å²) < 4.78 is 0. The van der Waals surface area contributed by atoms with Crippen molar-refractivity contribution in [1.82, 2.24) is 10.2 Å². The van der Waals surface area contributed by atoms with Gasteiger partial charge in [0.05, 0.1) is 0 Å². The van der Waals surface area contributed by atoms with Crippen LogP contribution < -0.4 is 10.2 Å². The van der Waals surface area contributed by atoms with E-state index in [4.69, 9.17) is 11.6 Å². The van der Waals surface area contributed by atoms with E-state index in [1.54, 1.807) is 0 Å². The molecule has 0 atom stereocenters. The highest BCUT2D eigenvalue weighted by atomic mass is 35.5. The molecule has 1 aliphatic rings. The van der Waals surface area contributed by atoms with E-state index in [-0.39, 0.29) is 6.03 Å². The summed E-state index contributed by atoms with van der Waals surface area (Å²) >= 11 is 6.18. The summed E-state index contributed by atoms with van der Waals surface area (Å²) in [5, 5.41) is 3.77. The third-order valence-electron chi connectivity index (χ3n) is 3.75. The number of piperazine rings is 1. The minimum Gasteiger partial charge on any atom is -0.368 e. The Morgan fingerprint density at radius 3 is 2.52 bits per heavy atom. The van der Waals surface area contributed by atoms with Gasteiger partial charge in [0.15, 0.2) is 0 Å². The zero-order valence-corrected chi connectivity index (χ0v) is 13.8. The molecule has 1 saturated heterocycles. The Kier molecular flexibility index (Phi) is 5.34. The second-order valence-corrected chi connectivity index (χ2v) is 6.39. The fourth-order valence-electron chi connectivity index (χ4n) is 2.35. The first-order valence-electron chi connectivity index (χ1n) is 7.51. The van der Waals surface area contributed by atoms with Crippen molar-refractivity contribution >= 4 is 23.3 Å². The smallest absolute Gasteiger partial charge is 0.317 e. The molecule has 0 aliphatic carbocycles. The first-order valence-corrected chi connectivity index (χ1v) is 7.89. The van der Waals surface area contributed by atoms with Gasteiger partial charge in [0, 0.05) is 43.4 Å². The highest BCUT2D eigenvalue weighted by molar-refractivity contribution is 6.31. The van der Waals surface area contributed by atoms with E-state index in [1.807, 2.05) is 24.0 Å². The van der Waals surface area contributed by atoms with Gasteiger partial charge in [0.2, 0.25) is 0 Å². The second kappa shape index (κ2) is 7.03. The summed E-state index contributed by atoms with van der Waals surface area (Å²) in [6.07, 6.45) is 0. The summed E-state index contributed by atoms with van der Waals surface area (Å²) in [6.45, 7) is 10.1. The topological polar surface area (TPSA) is 35.6 Å². The number of rotatable bonds is 3. The Morgan fingerprint density at radius 2 is 1.95 bits per heavy atom. The lowest BCUT2D eigenvalue weighted by Gasteiger charge is -2.36. The Hall–Kier alpha value is -1.42. The van der Waals surface area contributed by atoms with E-state index in [0.29, 0.717) is 5.92 Å². The molecule has 1 heterocycles. The third-order valence-corrected chi connectivity index (χ3v) is 4.16. The van der Waals surface area contributed by atoms with E-state index in [1.165, 1.54) is 0 Å². The maximum Gasteiger partial charge on any atom is 0.317 e. The molecule has 1 fully saturated rings. The summed E-state index contributed by atoms with van der Waals surface area (Å²) in [7, 11) is 0. The van der Waals surface area contributed by atoms with Gasteiger partial charge in [-0.15, -0.1) is 0 Å². The molecule has 2 amide bonds. The zero-order valence-electron chi connectivity index (χ0n) is 13.0. The quantitative estimate of drug-likeness (QED) is 0.931. The summed E-state index contributed by atoms with van der Waals surface area (Å²) in [5.74, 6) is 0.477. The lowest BCUT2D eigenvalue weighted by Crippen LogP contribution is -2.52. The summed E-state index contributed by atoms with van der Waals surface area (Å²) in [6, 6.07) is 6.19. The first kappa shape index (κ1) is 16.0. The standard InChI is InChI=1S/C16H24ClN3O/c1-12(2)11-18-16(21)20-8-6-19(7-9-20)14-5-4-13(3)15(17)10-14/h4-5,10,12H,6-9,11H2,1-3H3,(H,18,21). The van der Waals surface area contributed by atoms with Crippen LogP contribution in [0.5, 0.6) is 0 Å². The van der Waals surface area contributed by atoms with Gasteiger partial charge in [-0.1, -0.05) is 31.5 Å². The van der Waals surface area contributed by atoms with Crippen molar-refractivity contribution in [2.45, 2.75) is 20.8 Å². The van der Waals surface area contributed by atoms with Gasteiger partial charge in [0.25, 0.3) is 0 Å². The number of anilines is 1. The number of aryl methyl sites for hydroxylation is 1. The molecular formula is C16H24ClN3O. The molecule has 0 spiro atoms. The number of hydrogen-bond acceptors (Lipinski definition) is 2. The molecule has 1 N–H and O–H groups in total. The molecule has 5 heteroatoms. The molecule has 4 nitrogen and oxygen atoms in total. The lowest BCUT2D eigenvalue weighted by atomic mass is 10.2. The van der Waals surface area contributed by atoms with Crippen LogP contribution in [-0.4, -0.2) is 43.7 Å². The minimum absolute atomic E-state index is 0.0466. The molecular weight excluding hydrogens is 286 g/mol. The van der Waals surface area contributed by atoms with Gasteiger partial charge < -0.3 is 15.1 Å². The van der Waals surface area contributed by atoms with Crippen molar-refractivity contribution in [1.29, 1.82) is 0 Å². The van der Waals surface area contributed by atoms with Crippen LogP contribution in [0.15, 0.2) is 18.2 Å². The number of carbonyl (C=O) groups is 1. The van der Waals surface area contributed by atoms with Gasteiger partial charge in [-0.05, 0) is 30.5 Å². The van der Waals surface area contributed by atoms with Crippen molar-refractivity contribution < 1.29 is 4.79 Å². The minimum atomic E-state index is 0.0466. The van der Waals surface area contributed by atoms with Crippen LogP contribution in [0.2, 0.25) is 5.02 Å². The Bertz CT molecular complexity index is 496. The molecule has 0 saturated carbocycles. The predicted octanol–water partition coefficient (Wildman–Crippen LogP) is 3.14. The Labute approximate surface area is 132 Å². The Morgan fingerprint density at radius 1 is 1.29 bits per heavy atom. The van der Waals surface area contributed by atoms with Crippen LogP contribution in [0.1, 0.15) is 19.4 Å². The maximum absolute atomic E-state index is 12.0. The molecule has 1 aromatic carbocycles. The second-order valence-electron chi connectivity index (χ2n) is 5.99. The number of benzene rings is 1. The van der Waals surface area contributed by atoms with Gasteiger partial charge in [-0.25, -0.2) is 4.79 Å². The molecule has 0 unspecified atom stereocenters. The molecule has 116 valence electrons. The van der Waals surface area contributed by atoms with Gasteiger partial charge in [-0.3, -0.25) is 0 Å². The number of amides is 2. The fraction of sp³-hybridized carbons (Fsp3) is 0.562. The van der Waals surface area contributed by atoms with Crippen molar-refractivity contribution in [3.63, 3.8) is 0 Å². The van der Waals surface area contributed by atoms with Crippen LogP contribution in [0, 0.1) is 12.8 Å². The fourth-order valence-corrected chi connectivity index (χ4v) is 2.52. The van der Waals surface area contributed by atoms with Gasteiger partial charge in [0.1, 0.15) is 0 Å². The molecule has 0 radical (unpaired) electrons. The summed E-state index contributed by atoms with van der Waals surface area (Å²) in [5.41, 5.74) is 2.22. The first-order chi connectivity index (χ1) is 9.97. The highest BCUT2D eigenvalue weighted by Crippen LogP contribution is 2.24. The van der Waals surface area contributed by atoms with Crippen LogP contribution >= 0.6 is 11.6 Å². The van der Waals surface area contributed by atoms with E-state index >= 15 is 0 Å². The number of nitrogens with one attached hydrogen (secondary N) is 1. The van der Waals surface area contributed by atoms with Crippen LogP contribution in [0.4, 0.5) is 10.5 Å². The average molecular weight is 310 g/mol. The molecule has 0 aromatic heterocycles. The van der Waals surface area contributed by atoms with E-state index in [2.05, 4.69) is 30.1 Å². The average Bonchev–Trinajstić information content (AvgIpc) is 2.48. The molecule has 0 bridgehead atoms. The maximum atomic E-state index is 12.0. The highest BCUT2D eigenvalue weighted by Gasteiger charge is 2.21. The zero-order chi connectivity index (χ0) is 15.4. The van der Waals surface area contributed by atoms with Crippen LogP contribution in [-0.2, 0) is 0 Å². The molecule has 21 heavy (non-hydrogen) atoms. The number of carbonyl (C=O) groups excluding carboxylic acids is 1. The van der Waals surface area contributed by atoms with E-state index in [9.17, 15) is 4.79 Å². The van der Waals surface area contributed by atoms with Crippen molar-refractivity contribution in [2.24, 2.45) is 5.92 Å². The van der Waals surface area contributed by atoms with Crippen LogP contribution in [0.3, 0.4) is 0 Å². The SMILES string of the molecule is Cc1ccc(N2CCN(C(=O)NCC(C)C)CC2)cc1Cl. The van der Waals surface area contributed by atoms with Crippen molar-refractivity contribution in [2.75, 3.05) is 37.6 Å². The molecule has 1 aromatic rings. The number of halogens is 1. The number of nitrogens with zero attached hydrogens (tertiary/aromatic N) is 2. The van der Waals surface area contributed by atoms with Crippen molar-refractivity contribution in [3.05, 3.63) is 28.8 Å². The third kappa shape index (κ3) is 4.27. The van der Waals surface area contributed by atoms with Crippen LogP contribution in [0.25, 0.3) is 0 Å². The van der Waals surface area contributed by atoms with E-state index in [0.717, 1.165) is 49.0 Å². The predicted molar refractivity (Wildman–Crippen MR) is 88.2 cm³/mol.